The lowest BCUT2D eigenvalue weighted by atomic mass is 10.2. The summed E-state index contributed by atoms with van der Waals surface area (Å²) in [6, 6.07) is 6.88. The van der Waals surface area contributed by atoms with Crippen LogP contribution in [0.3, 0.4) is 0 Å². The molecular weight excluding hydrogens is 284 g/mol. The normalized spacial score (nSPS) is 10.3. The maximum absolute atomic E-state index is 12.1. The van der Waals surface area contributed by atoms with Crippen molar-refractivity contribution in [3.8, 4) is 5.75 Å². The number of methoxy groups -OCH3 is 1. The van der Waals surface area contributed by atoms with Crippen LogP contribution in [0.4, 0.5) is 11.6 Å². The number of nitrogens with zero attached hydrogens (tertiary/aromatic N) is 2. The van der Waals surface area contributed by atoms with E-state index in [1.807, 2.05) is 0 Å². The van der Waals surface area contributed by atoms with Gasteiger partial charge >= 0.3 is 0 Å². The standard InChI is InChI=1S/C15H18N4O3/c1-9-10(2)17-15(16)19(14(9)21)8-13(20)18-11-4-6-12(22-3)7-5-11/h4-7H,8H2,1-3H3,(H2,16,17)(H,18,20). The van der Waals surface area contributed by atoms with Gasteiger partial charge in [-0.3, -0.25) is 14.2 Å². The zero-order valence-corrected chi connectivity index (χ0v) is 12.7. The summed E-state index contributed by atoms with van der Waals surface area (Å²) in [5.41, 5.74) is 7.06. The maximum atomic E-state index is 12.1. The molecule has 1 heterocycles. The highest BCUT2D eigenvalue weighted by Crippen LogP contribution is 2.15. The third-order valence-electron chi connectivity index (χ3n) is 3.34. The number of nitrogen functional groups attached to an aromatic ring is 1. The lowest BCUT2D eigenvalue weighted by Crippen LogP contribution is -2.32. The van der Waals surface area contributed by atoms with Gasteiger partial charge in [0, 0.05) is 16.9 Å². The van der Waals surface area contributed by atoms with E-state index in [9.17, 15) is 9.59 Å². The number of carbonyl (C=O) groups is 1. The first-order chi connectivity index (χ1) is 10.4. The van der Waals surface area contributed by atoms with E-state index < -0.39 is 0 Å². The summed E-state index contributed by atoms with van der Waals surface area (Å²) >= 11 is 0. The van der Waals surface area contributed by atoms with Crippen LogP contribution >= 0.6 is 0 Å². The highest BCUT2D eigenvalue weighted by molar-refractivity contribution is 5.90. The molecule has 7 nitrogen and oxygen atoms in total. The van der Waals surface area contributed by atoms with Gasteiger partial charge in [-0.05, 0) is 38.1 Å². The molecule has 7 heteroatoms. The smallest absolute Gasteiger partial charge is 0.258 e. The van der Waals surface area contributed by atoms with E-state index in [1.54, 1.807) is 45.2 Å². The maximum Gasteiger partial charge on any atom is 0.258 e. The molecular formula is C15H18N4O3. The molecule has 0 fully saturated rings. The lowest BCUT2D eigenvalue weighted by molar-refractivity contribution is -0.116. The molecule has 0 aliphatic heterocycles. The van der Waals surface area contributed by atoms with Gasteiger partial charge in [0.05, 0.1) is 7.11 Å². The van der Waals surface area contributed by atoms with Gasteiger partial charge in [0.1, 0.15) is 12.3 Å². The van der Waals surface area contributed by atoms with Gasteiger partial charge in [-0.25, -0.2) is 4.98 Å². The molecule has 3 N–H and O–H groups in total. The van der Waals surface area contributed by atoms with Crippen LogP contribution in [0.2, 0.25) is 0 Å². The number of aromatic nitrogens is 2. The molecule has 0 unspecified atom stereocenters. The highest BCUT2D eigenvalue weighted by Gasteiger charge is 2.12. The average Bonchev–Trinajstić information content (AvgIpc) is 2.50. The molecule has 0 aliphatic rings. The Balaban J connectivity index is 2.15. The fraction of sp³-hybridized carbons (Fsp3) is 0.267. The van der Waals surface area contributed by atoms with Crippen molar-refractivity contribution >= 4 is 17.5 Å². The molecule has 1 amide bonds. The molecule has 1 aromatic heterocycles. The fourth-order valence-corrected chi connectivity index (χ4v) is 1.95. The Hall–Kier alpha value is -2.83. The molecule has 0 aliphatic carbocycles. The van der Waals surface area contributed by atoms with E-state index in [-0.39, 0.29) is 24.0 Å². The first-order valence-electron chi connectivity index (χ1n) is 6.69. The Morgan fingerprint density at radius 1 is 1.32 bits per heavy atom. The van der Waals surface area contributed by atoms with Gasteiger partial charge in [-0.2, -0.15) is 0 Å². The predicted molar refractivity (Wildman–Crippen MR) is 84.0 cm³/mol. The van der Waals surface area contributed by atoms with Crippen LogP contribution in [0.1, 0.15) is 11.3 Å². The van der Waals surface area contributed by atoms with Gasteiger partial charge in [0.2, 0.25) is 11.9 Å². The number of ether oxygens (including phenoxy) is 1. The molecule has 0 spiro atoms. The van der Waals surface area contributed by atoms with Gasteiger partial charge < -0.3 is 15.8 Å². The summed E-state index contributed by atoms with van der Waals surface area (Å²) in [5, 5.41) is 2.69. The molecule has 0 atom stereocenters. The van der Waals surface area contributed by atoms with Crippen molar-refractivity contribution in [2.24, 2.45) is 0 Å². The summed E-state index contributed by atoms with van der Waals surface area (Å²) in [5.74, 6) is 0.360. The second kappa shape index (κ2) is 6.30. The molecule has 0 bridgehead atoms. The zero-order valence-electron chi connectivity index (χ0n) is 12.7. The van der Waals surface area contributed by atoms with E-state index in [4.69, 9.17) is 10.5 Å². The molecule has 2 rings (SSSR count). The van der Waals surface area contributed by atoms with Gasteiger partial charge in [0.25, 0.3) is 5.56 Å². The molecule has 0 radical (unpaired) electrons. The minimum Gasteiger partial charge on any atom is -0.497 e. The van der Waals surface area contributed by atoms with Crippen molar-refractivity contribution in [3.05, 3.63) is 45.9 Å². The number of hydrogen-bond donors (Lipinski definition) is 2. The number of carbonyl (C=O) groups excluding carboxylic acids is 1. The van der Waals surface area contributed by atoms with E-state index in [0.717, 1.165) is 4.57 Å². The average molecular weight is 302 g/mol. The Morgan fingerprint density at radius 3 is 2.55 bits per heavy atom. The number of anilines is 2. The largest absolute Gasteiger partial charge is 0.497 e. The predicted octanol–water partition coefficient (Wildman–Crippen LogP) is 1.09. The summed E-state index contributed by atoms with van der Waals surface area (Å²) in [6.45, 7) is 3.17. The summed E-state index contributed by atoms with van der Waals surface area (Å²) in [7, 11) is 1.56. The van der Waals surface area contributed by atoms with Crippen molar-refractivity contribution in [2.75, 3.05) is 18.2 Å². The van der Waals surface area contributed by atoms with Gasteiger partial charge in [-0.1, -0.05) is 0 Å². The van der Waals surface area contributed by atoms with E-state index in [2.05, 4.69) is 10.3 Å². The van der Waals surface area contributed by atoms with Crippen molar-refractivity contribution in [1.82, 2.24) is 9.55 Å². The van der Waals surface area contributed by atoms with Crippen LogP contribution in [0.15, 0.2) is 29.1 Å². The van der Waals surface area contributed by atoms with Crippen LogP contribution in [-0.4, -0.2) is 22.6 Å². The molecule has 116 valence electrons. The molecule has 0 saturated heterocycles. The van der Waals surface area contributed by atoms with Crippen LogP contribution in [0.25, 0.3) is 0 Å². The third kappa shape index (κ3) is 3.25. The Bertz CT molecular complexity index is 751. The number of nitrogens with two attached hydrogens (primary N) is 1. The van der Waals surface area contributed by atoms with Crippen LogP contribution in [-0.2, 0) is 11.3 Å². The summed E-state index contributed by atoms with van der Waals surface area (Å²) in [4.78, 5) is 28.2. The molecule has 2 aromatic rings. The number of aryl methyl sites for hydroxylation is 1. The van der Waals surface area contributed by atoms with Gasteiger partial charge in [0.15, 0.2) is 0 Å². The quantitative estimate of drug-likeness (QED) is 0.880. The van der Waals surface area contributed by atoms with Gasteiger partial charge in [-0.15, -0.1) is 0 Å². The zero-order chi connectivity index (χ0) is 16.3. The van der Waals surface area contributed by atoms with Crippen LogP contribution < -0.4 is 21.3 Å². The van der Waals surface area contributed by atoms with E-state index in [0.29, 0.717) is 22.7 Å². The molecule has 0 saturated carbocycles. The summed E-state index contributed by atoms with van der Waals surface area (Å²) < 4.78 is 6.20. The van der Waals surface area contributed by atoms with Crippen molar-refractivity contribution in [3.63, 3.8) is 0 Å². The molecule has 1 aromatic carbocycles. The SMILES string of the molecule is COc1ccc(NC(=O)Cn2c(N)nc(C)c(C)c2=O)cc1. The molecule has 22 heavy (non-hydrogen) atoms. The minimum atomic E-state index is -0.357. The van der Waals surface area contributed by atoms with Crippen molar-refractivity contribution < 1.29 is 9.53 Å². The van der Waals surface area contributed by atoms with Crippen LogP contribution in [0, 0.1) is 13.8 Å². The van der Waals surface area contributed by atoms with Crippen LogP contribution in [0.5, 0.6) is 5.75 Å². The lowest BCUT2D eigenvalue weighted by Gasteiger charge is -2.11. The Labute approximate surface area is 127 Å². The number of hydrogen-bond acceptors (Lipinski definition) is 5. The highest BCUT2D eigenvalue weighted by atomic mass is 16.5. The Kier molecular flexibility index (Phi) is 4.45. The fourth-order valence-electron chi connectivity index (χ4n) is 1.95. The van der Waals surface area contributed by atoms with E-state index >= 15 is 0 Å². The van der Waals surface area contributed by atoms with Crippen molar-refractivity contribution in [1.29, 1.82) is 0 Å². The Morgan fingerprint density at radius 2 is 1.95 bits per heavy atom. The third-order valence-corrected chi connectivity index (χ3v) is 3.34. The number of benzene rings is 1. The monoisotopic (exact) mass is 302 g/mol. The first kappa shape index (κ1) is 15.6. The van der Waals surface area contributed by atoms with Crippen molar-refractivity contribution in [2.45, 2.75) is 20.4 Å². The minimum absolute atomic E-state index is 0.0259. The number of rotatable bonds is 4. The second-order valence-electron chi connectivity index (χ2n) is 4.85. The summed E-state index contributed by atoms with van der Waals surface area (Å²) in [6.07, 6.45) is 0. The number of nitrogens with one attached hydrogen (secondary N) is 1. The second-order valence-corrected chi connectivity index (χ2v) is 4.85. The van der Waals surface area contributed by atoms with E-state index in [1.165, 1.54) is 0 Å². The number of amides is 1. The first-order valence-corrected chi connectivity index (χ1v) is 6.69. The topological polar surface area (TPSA) is 99.2 Å².